The summed E-state index contributed by atoms with van der Waals surface area (Å²) in [5.41, 5.74) is 0.912. The molecule has 2 heterocycles. The molecule has 1 amide bonds. The number of rotatable bonds is 6. The Bertz CT molecular complexity index is 1030. The lowest BCUT2D eigenvalue weighted by Gasteiger charge is -2.30. The lowest BCUT2D eigenvalue weighted by molar-refractivity contribution is -0.151. The Morgan fingerprint density at radius 1 is 1.13 bits per heavy atom. The number of carbonyl (C=O) groups is 2. The molecule has 1 aliphatic rings. The summed E-state index contributed by atoms with van der Waals surface area (Å²) in [6.07, 6.45) is 2.00. The number of ether oxygens (including phenoxy) is 1. The Balaban J connectivity index is 1.34. The van der Waals surface area contributed by atoms with E-state index in [4.69, 9.17) is 9.26 Å². The molecule has 156 valence electrons. The van der Waals surface area contributed by atoms with Gasteiger partial charge in [-0.1, -0.05) is 47.6 Å². The fraction of sp³-hybridized carbons (Fsp3) is 0.391. The van der Waals surface area contributed by atoms with Gasteiger partial charge in [0.2, 0.25) is 17.6 Å². The van der Waals surface area contributed by atoms with Gasteiger partial charge in [-0.15, -0.1) is 0 Å². The molecule has 3 aromatic rings. The van der Waals surface area contributed by atoms with Crippen LogP contribution in [0.2, 0.25) is 0 Å². The standard InChI is InChI=1S/C23H25N3O4/c1-2-29-23(28)17-12-14-26(15-13-17)21(27)11-10-20-24-22(25-30-20)19-9-5-7-16-6-3-4-8-18(16)19/h3-9,17H,2,10-15H2,1H3. The maximum atomic E-state index is 12.5. The van der Waals surface area contributed by atoms with Gasteiger partial charge in [-0.2, -0.15) is 4.98 Å². The number of esters is 1. The SMILES string of the molecule is CCOC(=O)C1CCN(C(=O)CCc2nc(-c3cccc4ccccc34)no2)CC1. The van der Waals surface area contributed by atoms with Crippen molar-refractivity contribution in [2.24, 2.45) is 5.92 Å². The van der Waals surface area contributed by atoms with Crippen LogP contribution in [0.25, 0.3) is 22.2 Å². The minimum atomic E-state index is -0.156. The number of aryl methyl sites for hydroxylation is 1. The minimum Gasteiger partial charge on any atom is -0.466 e. The highest BCUT2D eigenvalue weighted by molar-refractivity contribution is 5.94. The van der Waals surface area contributed by atoms with Crippen molar-refractivity contribution < 1.29 is 18.8 Å². The summed E-state index contributed by atoms with van der Waals surface area (Å²) in [6, 6.07) is 14.0. The van der Waals surface area contributed by atoms with Crippen LogP contribution in [-0.2, 0) is 20.7 Å². The number of aromatic nitrogens is 2. The third-order valence-corrected chi connectivity index (χ3v) is 5.52. The zero-order chi connectivity index (χ0) is 20.9. The van der Waals surface area contributed by atoms with E-state index in [1.807, 2.05) is 42.5 Å². The van der Waals surface area contributed by atoms with Crippen LogP contribution in [0.4, 0.5) is 0 Å². The first-order valence-corrected chi connectivity index (χ1v) is 10.4. The third kappa shape index (κ3) is 4.35. The third-order valence-electron chi connectivity index (χ3n) is 5.52. The van der Waals surface area contributed by atoms with Gasteiger partial charge in [0.25, 0.3) is 0 Å². The summed E-state index contributed by atoms with van der Waals surface area (Å²) < 4.78 is 10.5. The van der Waals surface area contributed by atoms with Gasteiger partial charge in [-0.3, -0.25) is 9.59 Å². The number of likely N-dealkylation sites (tertiary alicyclic amines) is 1. The van der Waals surface area contributed by atoms with E-state index in [9.17, 15) is 9.59 Å². The molecule has 0 N–H and O–H groups in total. The predicted molar refractivity (Wildman–Crippen MR) is 111 cm³/mol. The van der Waals surface area contributed by atoms with Crippen molar-refractivity contribution in [2.75, 3.05) is 19.7 Å². The van der Waals surface area contributed by atoms with Crippen molar-refractivity contribution in [3.63, 3.8) is 0 Å². The molecule has 7 nitrogen and oxygen atoms in total. The van der Waals surface area contributed by atoms with Crippen LogP contribution in [-0.4, -0.2) is 46.6 Å². The van der Waals surface area contributed by atoms with E-state index in [1.54, 1.807) is 11.8 Å². The van der Waals surface area contributed by atoms with Crippen LogP contribution >= 0.6 is 0 Å². The maximum Gasteiger partial charge on any atom is 0.309 e. The van der Waals surface area contributed by atoms with Crippen molar-refractivity contribution in [1.29, 1.82) is 0 Å². The molecule has 1 fully saturated rings. The number of fused-ring (bicyclic) bond motifs is 1. The van der Waals surface area contributed by atoms with E-state index in [-0.39, 0.29) is 17.8 Å². The van der Waals surface area contributed by atoms with Gasteiger partial charge in [0.1, 0.15) is 0 Å². The van der Waals surface area contributed by atoms with Crippen LogP contribution < -0.4 is 0 Å². The number of hydrogen-bond acceptors (Lipinski definition) is 6. The molecule has 30 heavy (non-hydrogen) atoms. The average Bonchev–Trinajstić information content (AvgIpc) is 3.26. The summed E-state index contributed by atoms with van der Waals surface area (Å²) in [5, 5.41) is 6.29. The molecular formula is C23H25N3O4. The molecule has 0 aliphatic carbocycles. The van der Waals surface area contributed by atoms with Crippen molar-refractivity contribution in [3.8, 4) is 11.4 Å². The quantitative estimate of drug-likeness (QED) is 0.580. The van der Waals surface area contributed by atoms with Gasteiger partial charge in [0.15, 0.2) is 0 Å². The van der Waals surface area contributed by atoms with Gasteiger partial charge in [0.05, 0.1) is 12.5 Å². The van der Waals surface area contributed by atoms with Gasteiger partial charge in [-0.25, -0.2) is 0 Å². The van der Waals surface area contributed by atoms with Crippen molar-refractivity contribution in [3.05, 3.63) is 48.4 Å². The summed E-state index contributed by atoms with van der Waals surface area (Å²) in [4.78, 5) is 30.7. The zero-order valence-corrected chi connectivity index (χ0v) is 17.0. The van der Waals surface area contributed by atoms with Crippen molar-refractivity contribution in [1.82, 2.24) is 15.0 Å². The molecule has 0 unspecified atom stereocenters. The highest BCUT2D eigenvalue weighted by atomic mass is 16.5. The second-order valence-corrected chi connectivity index (χ2v) is 7.45. The fourth-order valence-electron chi connectivity index (χ4n) is 3.88. The predicted octanol–water partition coefficient (Wildman–Crippen LogP) is 3.62. The molecule has 1 aromatic heterocycles. The highest BCUT2D eigenvalue weighted by Crippen LogP contribution is 2.26. The molecule has 7 heteroatoms. The van der Waals surface area contributed by atoms with E-state index < -0.39 is 0 Å². The first-order chi connectivity index (χ1) is 14.7. The average molecular weight is 407 g/mol. The van der Waals surface area contributed by atoms with Crippen LogP contribution in [0.1, 0.15) is 32.1 Å². The molecule has 0 atom stereocenters. The Kier molecular flexibility index (Phi) is 6.07. The van der Waals surface area contributed by atoms with E-state index in [0.29, 0.717) is 57.1 Å². The van der Waals surface area contributed by atoms with E-state index >= 15 is 0 Å². The summed E-state index contributed by atoms with van der Waals surface area (Å²) >= 11 is 0. The van der Waals surface area contributed by atoms with Gasteiger partial charge in [-0.05, 0) is 30.5 Å². The molecule has 0 bridgehead atoms. The van der Waals surface area contributed by atoms with Gasteiger partial charge < -0.3 is 14.2 Å². The Hall–Kier alpha value is -3.22. The van der Waals surface area contributed by atoms with E-state index in [2.05, 4.69) is 10.1 Å². The van der Waals surface area contributed by atoms with Gasteiger partial charge >= 0.3 is 5.97 Å². The smallest absolute Gasteiger partial charge is 0.309 e. The number of piperidine rings is 1. The first kappa shape index (κ1) is 20.1. The molecule has 0 radical (unpaired) electrons. The fourth-order valence-corrected chi connectivity index (χ4v) is 3.88. The monoisotopic (exact) mass is 407 g/mol. The lowest BCUT2D eigenvalue weighted by atomic mass is 9.97. The second-order valence-electron chi connectivity index (χ2n) is 7.45. The first-order valence-electron chi connectivity index (χ1n) is 10.4. The second kappa shape index (κ2) is 9.07. The molecule has 1 aliphatic heterocycles. The number of hydrogen-bond donors (Lipinski definition) is 0. The Morgan fingerprint density at radius 2 is 1.90 bits per heavy atom. The number of nitrogens with zero attached hydrogens (tertiary/aromatic N) is 3. The molecular weight excluding hydrogens is 382 g/mol. The van der Waals surface area contributed by atoms with E-state index in [0.717, 1.165) is 16.3 Å². The zero-order valence-electron chi connectivity index (χ0n) is 17.0. The summed E-state index contributed by atoms with van der Waals surface area (Å²) in [6.45, 7) is 3.35. The molecule has 0 saturated carbocycles. The summed E-state index contributed by atoms with van der Waals surface area (Å²) in [5.74, 6) is 0.768. The number of amides is 1. The van der Waals surface area contributed by atoms with Gasteiger partial charge in [0, 0.05) is 31.5 Å². The van der Waals surface area contributed by atoms with Crippen molar-refractivity contribution in [2.45, 2.75) is 32.6 Å². The molecule has 1 saturated heterocycles. The van der Waals surface area contributed by atoms with E-state index in [1.165, 1.54) is 0 Å². The maximum absolute atomic E-state index is 12.5. The Morgan fingerprint density at radius 3 is 2.70 bits per heavy atom. The minimum absolute atomic E-state index is 0.0437. The van der Waals surface area contributed by atoms with Crippen LogP contribution in [0, 0.1) is 5.92 Å². The number of benzene rings is 2. The number of carbonyl (C=O) groups excluding carboxylic acids is 2. The largest absolute Gasteiger partial charge is 0.466 e. The highest BCUT2D eigenvalue weighted by Gasteiger charge is 2.28. The Labute approximate surface area is 175 Å². The summed E-state index contributed by atoms with van der Waals surface area (Å²) in [7, 11) is 0. The van der Waals surface area contributed by atoms with Crippen LogP contribution in [0.3, 0.4) is 0 Å². The molecule has 2 aromatic carbocycles. The lowest BCUT2D eigenvalue weighted by Crippen LogP contribution is -2.40. The normalized spacial score (nSPS) is 14.8. The van der Waals surface area contributed by atoms with Crippen LogP contribution in [0.5, 0.6) is 0 Å². The van der Waals surface area contributed by atoms with Crippen molar-refractivity contribution >= 4 is 22.6 Å². The topological polar surface area (TPSA) is 85.5 Å². The molecule has 0 spiro atoms. The molecule has 4 rings (SSSR count). The van der Waals surface area contributed by atoms with Crippen LogP contribution in [0.15, 0.2) is 47.0 Å².